The van der Waals surface area contributed by atoms with Gasteiger partial charge in [0.05, 0.1) is 16.1 Å². The summed E-state index contributed by atoms with van der Waals surface area (Å²) in [6.45, 7) is 0. The van der Waals surface area contributed by atoms with Gasteiger partial charge in [0.15, 0.2) is 0 Å². The van der Waals surface area contributed by atoms with Gasteiger partial charge >= 0.3 is 0 Å². The highest BCUT2D eigenvalue weighted by molar-refractivity contribution is 7.95. The van der Waals surface area contributed by atoms with Crippen molar-refractivity contribution >= 4 is 33.4 Å². The second kappa shape index (κ2) is 5.91. The summed E-state index contributed by atoms with van der Waals surface area (Å²) >= 11 is 5.90. The van der Waals surface area contributed by atoms with Gasteiger partial charge in [-0.2, -0.15) is 0 Å². The van der Waals surface area contributed by atoms with E-state index in [1.807, 2.05) is 30.3 Å². The zero-order valence-corrected chi connectivity index (χ0v) is 11.5. The van der Waals surface area contributed by atoms with Crippen molar-refractivity contribution in [1.29, 1.82) is 0 Å². The summed E-state index contributed by atoms with van der Waals surface area (Å²) in [6, 6.07) is 15.9. The first-order valence-corrected chi connectivity index (χ1v) is 7.50. The molecule has 19 heavy (non-hydrogen) atoms. The van der Waals surface area contributed by atoms with Crippen molar-refractivity contribution in [3.05, 3.63) is 70.6 Å². The standard InChI is InChI=1S/C14H12ClNO2S/c15-13-8-4-5-9-14(13)16-19(17,18)11-10-12-6-2-1-3-7-12/h1-11,16H/b11-10+. The predicted octanol–water partition coefficient (Wildman–Crippen LogP) is 3.75. The largest absolute Gasteiger partial charge is 0.279 e. The summed E-state index contributed by atoms with van der Waals surface area (Å²) in [6.07, 6.45) is 1.53. The van der Waals surface area contributed by atoms with Crippen LogP contribution in [0.25, 0.3) is 6.08 Å². The van der Waals surface area contributed by atoms with Crippen LogP contribution in [0.3, 0.4) is 0 Å². The van der Waals surface area contributed by atoms with Crippen molar-refractivity contribution in [1.82, 2.24) is 0 Å². The lowest BCUT2D eigenvalue weighted by Crippen LogP contribution is -2.09. The van der Waals surface area contributed by atoms with E-state index in [-0.39, 0.29) is 0 Å². The minimum atomic E-state index is -3.57. The predicted molar refractivity (Wildman–Crippen MR) is 79.5 cm³/mol. The summed E-state index contributed by atoms with van der Waals surface area (Å²) in [5, 5.41) is 1.48. The van der Waals surface area contributed by atoms with Crippen molar-refractivity contribution in [2.24, 2.45) is 0 Å². The molecule has 0 saturated carbocycles. The zero-order valence-electron chi connectivity index (χ0n) is 9.95. The van der Waals surface area contributed by atoms with E-state index in [1.54, 1.807) is 24.3 Å². The minimum absolute atomic E-state index is 0.360. The van der Waals surface area contributed by atoms with Crippen LogP contribution >= 0.6 is 11.6 Å². The molecule has 2 rings (SSSR count). The molecule has 0 amide bonds. The number of anilines is 1. The van der Waals surface area contributed by atoms with Crippen LogP contribution in [-0.2, 0) is 10.0 Å². The van der Waals surface area contributed by atoms with E-state index in [0.29, 0.717) is 10.7 Å². The van der Waals surface area contributed by atoms with Crippen LogP contribution in [0, 0.1) is 0 Å². The Kier molecular flexibility index (Phi) is 4.24. The first kappa shape index (κ1) is 13.6. The van der Waals surface area contributed by atoms with E-state index in [9.17, 15) is 8.42 Å². The summed E-state index contributed by atoms with van der Waals surface area (Å²) in [7, 11) is -3.57. The monoisotopic (exact) mass is 293 g/mol. The van der Waals surface area contributed by atoms with Crippen molar-refractivity contribution < 1.29 is 8.42 Å². The molecule has 0 heterocycles. The first-order chi connectivity index (χ1) is 9.07. The van der Waals surface area contributed by atoms with Gasteiger partial charge in [-0.1, -0.05) is 54.1 Å². The normalized spacial score (nSPS) is 11.6. The third kappa shape index (κ3) is 4.12. The number of hydrogen-bond donors (Lipinski definition) is 1. The third-order valence-electron chi connectivity index (χ3n) is 2.37. The molecule has 0 aliphatic carbocycles. The Morgan fingerprint density at radius 2 is 1.58 bits per heavy atom. The average molecular weight is 294 g/mol. The van der Waals surface area contributed by atoms with Gasteiger partial charge in [-0.25, -0.2) is 8.42 Å². The van der Waals surface area contributed by atoms with Crippen LogP contribution in [0.4, 0.5) is 5.69 Å². The maximum Gasteiger partial charge on any atom is 0.255 e. The minimum Gasteiger partial charge on any atom is -0.279 e. The number of halogens is 1. The fourth-order valence-electron chi connectivity index (χ4n) is 1.46. The molecule has 98 valence electrons. The fourth-order valence-corrected chi connectivity index (χ4v) is 2.59. The van der Waals surface area contributed by atoms with Crippen LogP contribution in [0.2, 0.25) is 5.02 Å². The van der Waals surface area contributed by atoms with Gasteiger partial charge in [-0.15, -0.1) is 0 Å². The summed E-state index contributed by atoms with van der Waals surface area (Å²) in [5.41, 5.74) is 1.17. The van der Waals surface area contributed by atoms with E-state index in [0.717, 1.165) is 11.0 Å². The van der Waals surface area contributed by atoms with Crippen LogP contribution in [0.15, 0.2) is 60.0 Å². The van der Waals surface area contributed by atoms with Crippen molar-refractivity contribution in [3.8, 4) is 0 Å². The van der Waals surface area contributed by atoms with Crippen LogP contribution in [0.5, 0.6) is 0 Å². The fraction of sp³-hybridized carbons (Fsp3) is 0. The molecule has 0 radical (unpaired) electrons. The molecule has 0 saturated heterocycles. The molecule has 0 aliphatic heterocycles. The van der Waals surface area contributed by atoms with E-state index in [1.165, 1.54) is 6.08 Å². The number of sulfonamides is 1. The summed E-state index contributed by atoms with van der Waals surface area (Å²) in [4.78, 5) is 0. The molecule has 0 aromatic heterocycles. The van der Waals surface area contributed by atoms with Gasteiger partial charge in [-0.05, 0) is 23.8 Å². The highest BCUT2D eigenvalue weighted by atomic mass is 35.5. The highest BCUT2D eigenvalue weighted by Crippen LogP contribution is 2.22. The molecule has 2 aromatic rings. The lowest BCUT2D eigenvalue weighted by Gasteiger charge is -2.05. The second-order valence-corrected chi connectivity index (χ2v) is 5.81. The molecule has 0 fully saturated rings. The van der Waals surface area contributed by atoms with Crippen molar-refractivity contribution in [3.63, 3.8) is 0 Å². The Bertz CT molecular complexity index is 682. The lowest BCUT2D eigenvalue weighted by molar-refractivity contribution is 0.609. The number of hydrogen-bond acceptors (Lipinski definition) is 2. The smallest absolute Gasteiger partial charge is 0.255 e. The SMILES string of the molecule is O=S(=O)(/C=C/c1ccccc1)Nc1ccccc1Cl. The maximum absolute atomic E-state index is 11.9. The van der Waals surface area contributed by atoms with Crippen LogP contribution < -0.4 is 4.72 Å². The molecule has 5 heteroatoms. The highest BCUT2D eigenvalue weighted by Gasteiger charge is 2.07. The summed E-state index contributed by atoms with van der Waals surface area (Å²) < 4.78 is 26.1. The van der Waals surface area contributed by atoms with Gasteiger partial charge in [0, 0.05) is 0 Å². The van der Waals surface area contributed by atoms with Crippen LogP contribution in [0.1, 0.15) is 5.56 Å². The van der Waals surface area contributed by atoms with Crippen molar-refractivity contribution in [2.45, 2.75) is 0 Å². The van der Waals surface area contributed by atoms with Gasteiger partial charge < -0.3 is 0 Å². The molecule has 2 aromatic carbocycles. The number of para-hydroxylation sites is 1. The number of nitrogens with one attached hydrogen (secondary N) is 1. The van der Waals surface area contributed by atoms with E-state index >= 15 is 0 Å². The maximum atomic E-state index is 11.9. The van der Waals surface area contributed by atoms with Crippen LogP contribution in [-0.4, -0.2) is 8.42 Å². The Balaban J connectivity index is 2.16. The third-order valence-corrected chi connectivity index (χ3v) is 3.69. The average Bonchev–Trinajstić information content (AvgIpc) is 2.40. The van der Waals surface area contributed by atoms with Gasteiger partial charge in [0.2, 0.25) is 0 Å². The van der Waals surface area contributed by atoms with E-state index in [2.05, 4.69) is 4.72 Å². The van der Waals surface area contributed by atoms with E-state index in [4.69, 9.17) is 11.6 Å². The molecule has 0 bridgehead atoms. The molecule has 3 nitrogen and oxygen atoms in total. The lowest BCUT2D eigenvalue weighted by atomic mass is 10.2. The Morgan fingerprint density at radius 3 is 2.26 bits per heavy atom. The quantitative estimate of drug-likeness (QED) is 0.933. The Morgan fingerprint density at radius 1 is 0.947 bits per heavy atom. The molecule has 0 atom stereocenters. The van der Waals surface area contributed by atoms with E-state index < -0.39 is 10.0 Å². The van der Waals surface area contributed by atoms with Crippen molar-refractivity contribution in [2.75, 3.05) is 4.72 Å². The number of rotatable bonds is 4. The molecular weight excluding hydrogens is 282 g/mol. The molecular formula is C14H12ClNO2S. The molecule has 0 aliphatic rings. The van der Waals surface area contributed by atoms with Gasteiger partial charge in [0.1, 0.15) is 0 Å². The zero-order chi connectivity index (χ0) is 13.7. The molecule has 1 N–H and O–H groups in total. The van der Waals surface area contributed by atoms with Gasteiger partial charge in [0.25, 0.3) is 10.0 Å². The number of benzene rings is 2. The Labute approximate surface area is 117 Å². The van der Waals surface area contributed by atoms with Gasteiger partial charge in [-0.3, -0.25) is 4.72 Å². The first-order valence-electron chi connectivity index (χ1n) is 5.57. The molecule has 0 spiro atoms. The second-order valence-electron chi connectivity index (χ2n) is 3.84. The molecule has 0 unspecified atom stereocenters. The summed E-state index contributed by atoms with van der Waals surface area (Å²) in [5.74, 6) is 0. The Hall–Kier alpha value is -1.78. The topological polar surface area (TPSA) is 46.2 Å².